The van der Waals surface area contributed by atoms with Gasteiger partial charge in [-0.25, -0.2) is 18.0 Å². The predicted molar refractivity (Wildman–Crippen MR) is 76.8 cm³/mol. The molecule has 0 aromatic rings. The van der Waals surface area contributed by atoms with E-state index in [4.69, 9.17) is 0 Å². The van der Waals surface area contributed by atoms with Gasteiger partial charge in [0.2, 0.25) is 0 Å². The molecule has 2 unspecified atom stereocenters. The summed E-state index contributed by atoms with van der Waals surface area (Å²) in [7, 11) is -3.06. The molecular weight excluding hydrogens is 296 g/mol. The third kappa shape index (κ3) is 3.66. The van der Waals surface area contributed by atoms with Gasteiger partial charge >= 0.3 is 12.0 Å². The first kappa shape index (κ1) is 16.1. The minimum Gasteiger partial charge on any atom is -0.480 e. The zero-order valence-electron chi connectivity index (χ0n) is 12.2. The fourth-order valence-corrected chi connectivity index (χ4v) is 4.31. The van der Waals surface area contributed by atoms with Crippen molar-refractivity contribution in [1.29, 1.82) is 0 Å². The van der Waals surface area contributed by atoms with E-state index in [-0.39, 0.29) is 30.5 Å². The zero-order valence-corrected chi connectivity index (χ0v) is 13.0. The van der Waals surface area contributed by atoms with Gasteiger partial charge in [-0.2, -0.15) is 0 Å². The lowest BCUT2D eigenvalue weighted by molar-refractivity contribution is -0.146. The standard InChI is InChI=1S/C13H22N2O5S/c1-10-3-2-4-13(9-10,11(16)17)14-12(18)15-5-7-21(19,20)8-6-15/h10H,2-9H2,1H3,(H,14,18)(H,16,17). The number of carbonyl (C=O) groups is 2. The Morgan fingerprint density at radius 2 is 1.90 bits per heavy atom. The summed E-state index contributed by atoms with van der Waals surface area (Å²) in [6.45, 7) is 2.23. The molecule has 2 amide bonds. The summed E-state index contributed by atoms with van der Waals surface area (Å²) in [6, 6.07) is -0.471. The molecule has 0 radical (unpaired) electrons. The van der Waals surface area contributed by atoms with Gasteiger partial charge in [-0.05, 0) is 18.8 Å². The van der Waals surface area contributed by atoms with Crippen LogP contribution in [-0.2, 0) is 14.6 Å². The van der Waals surface area contributed by atoms with E-state index in [9.17, 15) is 23.1 Å². The number of carboxylic acid groups (broad SMARTS) is 1. The van der Waals surface area contributed by atoms with Crippen molar-refractivity contribution in [2.75, 3.05) is 24.6 Å². The number of hydrogen-bond donors (Lipinski definition) is 2. The molecule has 1 aliphatic heterocycles. The van der Waals surface area contributed by atoms with E-state index in [1.165, 1.54) is 4.90 Å². The van der Waals surface area contributed by atoms with E-state index >= 15 is 0 Å². The zero-order chi connectivity index (χ0) is 15.7. The number of nitrogens with one attached hydrogen (secondary N) is 1. The second-order valence-corrected chi connectivity index (χ2v) is 8.46. The third-order valence-electron chi connectivity index (χ3n) is 4.38. The average molecular weight is 318 g/mol. The molecular formula is C13H22N2O5S. The van der Waals surface area contributed by atoms with Crippen LogP contribution in [0.3, 0.4) is 0 Å². The Labute approximate surface area is 124 Å². The summed E-state index contributed by atoms with van der Waals surface area (Å²) in [5.41, 5.74) is -1.22. The summed E-state index contributed by atoms with van der Waals surface area (Å²) in [5.74, 6) is -0.878. The van der Waals surface area contributed by atoms with Gasteiger partial charge in [0.05, 0.1) is 11.5 Å². The number of carbonyl (C=O) groups excluding carboxylic acids is 1. The van der Waals surface area contributed by atoms with Gasteiger partial charge in [-0.1, -0.05) is 19.8 Å². The van der Waals surface area contributed by atoms with E-state index in [2.05, 4.69) is 5.32 Å². The summed E-state index contributed by atoms with van der Waals surface area (Å²) in [6.07, 6.45) is 2.57. The minimum atomic E-state index is -3.06. The van der Waals surface area contributed by atoms with Gasteiger partial charge in [0.1, 0.15) is 5.54 Å². The van der Waals surface area contributed by atoms with Gasteiger partial charge < -0.3 is 15.3 Å². The van der Waals surface area contributed by atoms with Crippen molar-refractivity contribution in [1.82, 2.24) is 10.2 Å². The van der Waals surface area contributed by atoms with Crippen molar-refractivity contribution in [3.63, 3.8) is 0 Å². The lowest BCUT2D eigenvalue weighted by atomic mass is 9.76. The van der Waals surface area contributed by atoms with Gasteiger partial charge in [0.15, 0.2) is 9.84 Å². The van der Waals surface area contributed by atoms with Gasteiger partial charge in [0.25, 0.3) is 0 Å². The highest BCUT2D eigenvalue weighted by Crippen LogP contribution is 2.32. The maximum absolute atomic E-state index is 12.3. The molecule has 21 heavy (non-hydrogen) atoms. The molecule has 0 aromatic carbocycles. The maximum atomic E-state index is 12.3. The molecule has 1 heterocycles. The molecule has 7 nitrogen and oxygen atoms in total. The molecule has 8 heteroatoms. The van der Waals surface area contributed by atoms with E-state index in [0.29, 0.717) is 12.8 Å². The van der Waals surface area contributed by atoms with E-state index in [0.717, 1.165) is 12.8 Å². The predicted octanol–water partition coefficient (Wildman–Crippen LogP) is 0.460. The first-order valence-corrected chi connectivity index (χ1v) is 9.07. The first-order valence-electron chi connectivity index (χ1n) is 7.25. The van der Waals surface area contributed by atoms with Crippen molar-refractivity contribution in [3.8, 4) is 0 Å². The molecule has 120 valence electrons. The fraction of sp³-hybridized carbons (Fsp3) is 0.846. The van der Waals surface area contributed by atoms with E-state index < -0.39 is 27.4 Å². The molecule has 2 atom stereocenters. The smallest absolute Gasteiger partial charge is 0.329 e. The van der Waals surface area contributed by atoms with Gasteiger partial charge in [-0.15, -0.1) is 0 Å². The van der Waals surface area contributed by atoms with E-state index in [1.807, 2.05) is 6.92 Å². The Morgan fingerprint density at radius 3 is 2.43 bits per heavy atom. The Morgan fingerprint density at radius 1 is 1.29 bits per heavy atom. The molecule has 0 aromatic heterocycles. The van der Waals surface area contributed by atoms with Crippen molar-refractivity contribution >= 4 is 21.8 Å². The minimum absolute atomic E-state index is 0.0586. The van der Waals surface area contributed by atoms with Crippen LogP contribution in [-0.4, -0.2) is 60.6 Å². The molecule has 2 rings (SSSR count). The van der Waals surface area contributed by atoms with Crippen molar-refractivity contribution in [2.24, 2.45) is 5.92 Å². The van der Waals surface area contributed by atoms with Crippen LogP contribution in [0, 0.1) is 5.92 Å². The molecule has 2 N–H and O–H groups in total. The van der Waals surface area contributed by atoms with Crippen LogP contribution in [0.4, 0.5) is 4.79 Å². The number of carboxylic acids is 1. The molecule has 0 bridgehead atoms. The number of sulfone groups is 1. The summed E-state index contributed by atoms with van der Waals surface area (Å²) in [4.78, 5) is 25.3. The molecule has 2 fully saturated rings. The van der Waals surface area contributed by atoms with Crippen LogP contribution < -0.4 is 5.32 Å². The van der Waals surface area contributed by atoms with Crippen molar-refractivity contribution in [2.45, 2.75) is 38.1 Å². The van der Waals surface area contributed by atoms with Crippen LogP contribution in [0.25, 0.3) is 0 Å². The number of hydrogen-bond acceptors (Lipinski definition) is 4. The van der Waals surface area contributed by atoms with E-state index in [1.54, 1.807) is 0 Å². The molecule has 1 aliphatic carbocycles. The molecule has 0 spiro atoms. The van der Waals surface area contributed by atoms with Gasteiger partial charge in [0, 0.05) is 13.1 Å². The van der Waals surface area contributed by atoms with Crippen LogP contribution in [0.1, 0.15) is 32.6 Å². The monoisotopic (exact) mass is 318 g/mol. The second kappa shape index (κ2) is 5.82. The van der Waals surface area contributed by atoms with Crippen LogP contribution in [0.2, 0.25) is 0 Å². The van der Waals surface area contributed by atoms with Crippen LogP contribution in [0.5, 0.6) is 0 Å². The lowest BCUT2D eigenvalue weighted by Gasteiger charge is -2.39. The summed E-state index contributed by atoms with van der Waals surface area (Å²) in [5, 5.41) is 12.2. The summed E-state index contributed by atoms with van der Waals surface area (Å²) >= 11 is 0. The van der Waals surface area contributed by atoms with Crippen LogP contribution >= 0.6 is 0 Å². The second-order valence-electron chi connectivity index (χ2n) is 6.16. The number of aliphatic carboxylic acids is 1. The number of nitrogens with zero attached hydrogens (tertiary/aromatic N) is 1. The number of rotatable bonds is 2. The maximum Gasteiger partial charge on any atom is 0.329 e. The highest BCUT2D eigenvalue weighted by atomic mass is 32.2. The van der Waals surface area contributed by atoms with Gasteiger partial charge in [-0.3, -0.25) is 0 Å². The largest absolute Gasteiger partial charge is 0.480 e. The Kier molecular flexibility index (Phi) is 4.46. The highest BCUT2D eigenvalue weighted by molar-refractivity contribution is 7.91. The quantitative estimate of drug-likeness (QED) is 0.770. The Hall–Kier alpha value is -1.31. The Balaban J connectivity index is 2.04. The highest BCUT2D eigenvalue weighted by Gasteiger charge is 2.44. The van der Waals surface area contributed by atoms with Crippen LogP contribution in [0.15, 0.2) is 0 Å². The topological polar surface area (TPSA) is 104 Å². The van der Waals surface area contributed by atoms with Crippen molar-refractivity contribution in [3.05, 3.63) is 0 Å². The first-order chi connectivity index (χ1) is 9.74. The fourth-order valence-electron chi connectivity index (χ4n) is 3.11. The lowest BCUT2D eigenvalue weighted by Crippen LogP contribution is -2.61. The summed E-state index contributed by atoms with van der Waals surface area (Å²) < 4.78 is 22.7. The molecule has 1 saturated heterocycles. The molecule has 2 aliphatic rings. The normalized spacial score (nSPS) is 32.4. The Bertz CT molecular complexity index is 519. The average Bonchev–Trinajstić information content (AvgIpc) is 2.38. The number of urea groups is 1. The third-order valence-corrected chi connectivity index (χ3v) is 5.99. The number of amides is 2. The molecule has 1 saturated carbocycles. The SMILES string of the molecule is CC1CCCC(NC(=O)N2CCS(=O)(=O)CC2)(C(=O)O)C1. The van der Waals surface area contributed by atoms with Crippen molar-refractivity contribution < 1.29 is 23.1 Å².